The lowest BCUT2D eigenvalue weighted by atomic mass is 9.83. The molecule has 1 atom stereocenters. The van der Waals surface area contributed by atoms with Crippen LogP contribution < -0.4 is 19.8 Å². The van der Waals surface area contributed by atoms with Crippen LogP contribution in [-0.2, 0) is 16.9 Å². The molecular formula is C31H24N2O6. The van der Waals surface area contributed by atoms with Crippen molar-refractivity contribution in [2.45, 2.75) is 25.9 Å². The van der Waals surface area contributed by atoms with Crippen LogP contribution in [-0.4, -0.2) is 30.1 Å². The molecule has 3 aromatic carbocycles. The molecule has 8 heteroatoms. The van der Waals surface area contributed by atoms with E-state index in [4.69, 9.17) is 13.9 Å². The van der Waals surface area contributed by atoms with Crippen LogP contribution in [0.4, 0.5) is 5.69 Å². The SMILES string of the molecule is C=CCN1C(=O)C2(c3ccccc31)c1c(oc3cc(C)c(C)cc3c1=O)C(=O)N2Cc1ccc2c(c1)OCO2. The molecule has 0 saturated heterocycles. The first-order valence-corrected chi connectivity index (χ1v) is 12.7. The summed E-state index contributed by atoms with van der Waals surface area (Å²) in [4.78, 5) is 46.1. The molecular weight excluding hydrogens is 496 g/mol. The fourth-order valence-electron chi connectivity index (χ4n) is 6.00. The minimum atomic E-state index is -1.70. The van der Waals surface area contributed by atoms with Gasteiger partial charge in [-0.2, -0.15) is 0 Å². The number of ether oxygens (including phenoxy) is 2. The smallest absolute Gasteiger partial charge is 0.291 e. The second kappa shape index (κ2) is 8.07. The Kier molecular flexibility index (Phi) is 4.82. The summed E-state index contributed by atoms with van der Waals surface area (Å²) in [5.41, 5.74) is 2.02. The van der Waals surface area contributed by atoms with Crippen molar-refractivity contribution in [3.05, 3.63) is 111 Å². The Bertz CT molecular complexity index is 1820. The molecule has 3 aliphatic heterocycles. The molecule has 0 aliphatic carbocycles. The molecule has 1 spiro atoms. The highest BCUT2D eigenvalue weighted by molar-refractivity contribution is 6.17. The van der Waals surface area contributed by atoms with E-state index in [1.54, 1.807) is 41.3 Å². The van der Waals surface area contributed by atoms with E-state index >= 15 is 0 Å². The lowest BCUT2D eigenvalue weighted by molar-refractivity contribution is -0.126. The maximum Gasteiger partial charge on any atom is 0.291 e. The maximum absolute atomic E-state index is 14.5. The molecule has 0 N–H and O–H groups in total. The number of carbonyl (C=O) groups is 2. The van der Waals surface area contributed by atoms with Gasteiger partial charge in [-0.1, -0.05) is 30.3 Å². The van der Waals surface area contributed by atoms with E-state index in [1.807, 2.05) is 38.1 Å². The number of anilines is 1. The van der Waals surface area contributed by atoms with Gasteiger partial charge in [0.15, 0.2) is 22.5 Å². The Morgan fingerprint density at radius 2 is 1.74 bits per heavy atom. The fourth-order valence-corrected chi connectivity index (χ4v) is 6.00. The second-order valence-corrected chi connectivity index (χ2v) is 10.1. The van der Waals surface area contributed by atoms with E-state index in [-0.39, 0.29) is 36.6 Å². The van der Waals surface area contributed by atoms with E-state index in [2.05, 4.69) is 6.58 Å². The van der Waals surface area contributed by atoms with E-state index in [9.17, 15) is 14.4 Å². The third-order valence-corrected chi connectivity index (χ3v) is 7.94. The molecule has 2 amide bonds. The number of benzene rings is 3. The van der Waals surface area contributed by atoms with E-state index < -0.39 is 17.4 Å². The third-order valence-electron chi connectivity index (χ3n) is 7.94. The third kappa shape index (κ3) is 2.97. The molecule has 0 saturated carbocycles. The predicted octanol–water partition coefficient (Wildman–Crippen LogP) is 4.57. The first-order valence-electron chi connectivity index (χ1n) is 12.7. The summed E-state index contributed by atoms with van der Waals surface area (Å²) in [7, 11) is 0. The zero-order valence-electron chi connectivity index (χ0n) is 21.4. The number of hydrogen-bond acceptors (Lipinski definition) is 6. The van der Waals surface area contributed by atoms with Crippen LogP contribution in [0.3, 0.4) is 0 Å². The minimum absolute atomic E-state index is 0.0372. The zero-order chi connectivity index (χ0) is 27.1. The quantitative estimate of drug-likeness (QED) is 0.366. The second-order valence-electron chi connectivity index (χ2n) is 10.1. The molecule has 7 rings (SSSR count). The first kappa shape index (κ1) is 23.3. The molecule has 4 aromatic rings. The molecule has 0 radical (unpaired) electrons. The van der Waals surface area contributed by atoms with Crippen molar-refractivity contribution in [1.82, 2.24) is 4.90 Å². The zero-order valence-corrected chi connectivity index (χ0v) is 21.4. The molecule has 8 nitrogen and oxygen atoms in total. The highest BCUT2D eigenvalue weighted by Crippen LogP contribution is 2.53. The average molecular weight is 521 g/mol. The van der Waals surface area contributed by atoms with Crippen LogP contribution in [0.5, 0.6) is 11.5 Å². The number of rotatable bonds is 4. The minimum Gasteiger partial charge on any atom is -0.454 e. The molecule has 0 fully saturated rings. The van der Waals surface area contributed by atoms with Gasteiger partial charge in [0.25, 0.3) is 11.8 Å². The number of aryl methyl sites for hydroxylation is 2. The van der Waals surface area contributed by atoms with Crippen molar-refractivity contribution < 1.29 is 23.5 Å². The topological polar surface area (TPSA) is 89.3 Å². The van der Waals surface area contributed by atoms with Crippen molar-refractivity contribution in [3.8, 4) is 11.5 Å². The van der Waals surface area contributed by atoms with Gasteiger partial charge in [0, 0.05) is 18.7 Å². The molecule has 4 heterocycles. The molecule has 39 heavy (non-hydrogen) atoms. The van der Waals surface area contributed by atoms with Crippen LogP contribution >= 0.6 is 0 Å². The van der Waals surface area contributed by atoms with Crippen molar-refractivity contribution in [1.29, 1.82) is 0 Å². The Morgan fingerprint density at radius 1 is 0.974 bits per heavy atom. The van der Waals surface area contributed by atoms with Gasteiger partial charge in [-0.25, -0.2) is 0 Å². The van der Waals surface area contributed by atoms with Gasteiger partial charge in [0.05, 0.1) is 16.6 Å². The number of fused-ring (bicyclic) bond motifs is 6. The average Bonchev–Trinajstić information content (AvgIpc) is 3.56. The van der Waals surface area contributed by atoms with Crippen LogP contribution in [0, 0.1) is 13.8 Å². The van der Waals surface area contributed by atoms with Crippen molar-refractivity contribution in [3.63, 3.8) is 0 Å². The summed E-state index contributed by atoms with van der Waals surface area (Å²) in [6.45, 7) is 8.02. The van der Waals surface area contributed by atoms with Gasteiger partial charge in [0.2, 0.25) is 12.6 Å². The van der Waals surface area contributed by atoms with Crippen LogP contribution in [0.25, 0.3) is 11.0 Å². The summed E-state index contributed by atoms with van der Waals surface area (Å²) in [6, 6.07) is 16.2. The highest BCUT2D eigenvalue weighted by Gasteiger charge is 2.64. The van der Waals surface area contributed by atoms with Gasteiger partial charge in [0.1, 0.15) is 5.58 Å². The van der Waals surface area contributed by atoms with Gasteiger partial charge < -0.3 is 23.7 Å². The van der Waals surface area contributed by atoms with E-state index in [1.165, 1.54) is 4.90 Å². The Hall–Kier alpha value is -4.85. The highest BCUT2D eigenvalue weighted by atomic mass is 16.7. The summed E-state index contributed by atoms with van der Waals surface area (Å²) < 4.78 is 17.2. The van der Waals surface area contributed by atoms with Crippen LogP contribution in [0.1, 0.15) is 38.4 Å². The van der Waals surface area contributed by atoms with Crippen LogP contribution in [0.2, 0.25) is 0 Å². The summed E-state index contributed by atoms with van der Waals surface area (Å²) in [6.07, 6.45) is 1.63. The standard InChI is InChI=1S/C31H24N2O6/c1-4-11-32-22-8-6-5-7-21(22)31(30(32)36)26-27(34)20-12-17(2)18(3)13-24(20)39-28(26)29(35)33(31)15-19-9-10-23-25(14-19)38-16-37-23/h4-10,12-14H,1,11,15-16H2,2-3H3. The van der Waals surface area contributed by atoms with Gasteiger partial charge in [-0.15, -0.1) is 6.58 Å². The van der Waals surface area contributed by atoms with Crippen LogP contribution in [0.15, 0.2) is 76.5 Å². The summed E-state index contributed by atoms with van der Waals surface area (Å²) in [5.74, 6) is 0.136. The summed E-state index contributed by atoms with van der Waals surface area (Å²) in [5, 5.41) is 0.335. The van der Waals surface area contributed by atoms with Gasteiger partial charge in [-0.3, -0.25) is 14.4 Å². The summed E-state index contributed by atoms with van der Waals surface area (Å²) >= 11 is 0. The van der Waals surface area contributed by atoms with Crippen molar-refractivity contribution >= 4 is 28.5 Å². The van der Waals surface area contributed by atoms with Crippen molar-refractivity contribution in [2.24, 2.45) is 0 Å². The Balaban J connectivity index is 1.53. The number of para-hydroxylation sites is 1. The first-order chi connectivity index (χ1) is 18.9. The number of nitrogens with zero attached hydrogens (tertiary/aromatic N) is 2. The molecule has 194 valence electrons. The number of carbonyl (C=O) groups excluding carboxylic acids is 2. The van der Waals surface area contributed by atoms with Gasteiger partial charge in [-0.05, 0) is 60.9 Å². The fraction of sp³-hybridized carbons (Fsp3) is 0.194. The predicted molar refractivity (Wildman–Crippen MR) is 144 cm³/mol. The molecule has 3 aliphatic rings. The number of amides is 2. The molecule has 1 aromatic heterocycles. The largest absolute Gasteiger partial charge is 0.454 e. The maximum atomic E-state index is 14.5. The van der Waals surface area contributed by atoms with E-state index in [0.717, 1.165) is 16.7 Å². The Labute approximate surface area is 223 Å². The molecule has 0 bridgehead atoms. The number of hydrogen-bond donors (Lipinski definition) is 0. The monoisotopic (exact) mass is 520 g/mol. The lowest BCUT2D eigenvalue weighted by Crippen LogP contribution is -2.53. The normalized spacial score (nSPS) is 18.8. The van der Waals surface area contributed by atoms with E-state index in [0.29, 0.717) is 33.7 Å². The lowest BCUT2D eigenvalue weighted by Gasteiger charge is -2.34. The van der Waals surface area contributed by atoms with Crippen molar-refractivity contribution in [2.75, 3.05) is 18.2 Å². The Morgan fingerprint density at radius 3 is 2.56 bits per heavy atom. The van der Waals surface area contributed by atoms with Gasteiger partial charge >= 0.3 is 0 Å². The molecule has 1 unspecified atom stereocenters.